The van der Waals surface area contributed by atoms with Crippen LogP contribution in [0.1, 0.15) is 58.3 Å². The molecule has 1 aliphatic heterocycles. The molecule has 5 heteroatoms. The molecule has 0 spiro atoms. The molecule has 2 rings (SSSR count). The average molecular weight is 282 g/mol. The maximum atomic E-state index is 12.5. The van der Waals surface area contributed by atoms with Crippen molar-refractivity contribution in [1.82, 2.24) is 10.6 Å². The van der Waals surface area contributed by atoms with Crippen molar-refractivity contribution in [1.29, 1.82) is 0 Å². The zero-order chi connectivity index (χ0) is 14.6. The molecular formula is C15H26N2O3. The van der Waals surface area contributed by atoms with E-state index in [9.17, 15) is 14.7 Å². The zero-order valence-corrected chi connectivity index (χ0v) is 12.3. The van der Waals surface area contributed by atoms with E-state index in [-0.39, 0.29) is 11.9 Å². The molecule has 0 bridgehead atoms. The number of amides is 1. The lowest BCUT2D eigenvalue weighted by atomic mass is 9.88. The number of carbonyl (C=O) groups is 2. The van der Waals surface area contributed by atoms with Crippen LogP contribution in [0.2, 0.25) is 0 Å². The molecule has 0 radical (unpaired) electrons. The normalized spacial score (nSPS) is 35.0. The van der Waals surface area contributed by atoms with E-state index >= 15 is 0 Å². The lowest BCUT2D eigenvalue weighted by Gasteiger charge is -2.35. The van der Waals surface area contributed by atoms with E-state index in [1.807, 2.05) is 6.92 Å². The summed E-state index contributed by atoms with van der Waals surface area (Å²) in [5.41, 5.74) is -0.534. The molecule has 3 unspecified atom stereocenters. The predicted molar refractivity (Wildman–Crippen MR) is 76.4 cm³/mol. The number of nitrogens with one attached hydrogen (secondary N) is 2. The van der Waals surface area contributed by atoms with Crippen LogP contribution in [0.15, 0.2) is 0 Å². The van der Waals surface area contributed by atoms with Gasteiger partial charge in [-0.1, -0.05) is 19.3 Å². The minimum atomic E-state index is -0.779. The van der Waals surface area contributed by atoms with Crippen molar-refractivity contribution in [2.45, 2.75) is 69.9 Å². The topological polar surface area (TPSA) is 78.4 Å². The summed E-state index contributed by atoms with van der Waals surface area (Å²) in [6, 6.07) is -0.219. The monoisotopic (exact) mass is 282 g/mol. The van der Waals surface area contributed by atoms with Crippen LogP contribution in [-0.4, -0.2) is 35.1 Å². The van der Waals surface area contributed by atoms with Crippen molar-refractivity contribution in [3.8, 4) is 0 Å². The van der Waals surface area contributed by atoms with Gasteiger partial charge in [-0.2, -0.15) is 0 Å². The number of rotatable bonds is 3. The number of aliphatic carboxylic acids is 1. The molecule has 3 atom stereocenters. The minimum Gasteiger partial charge on any atom is -0.481 e. The molecule has 1 heterocycles. The predicted octanol–water partition coefficient (Wildman–Crippen LogP) is 1.67. The molecule has 114 valence electrons. The van der Waals surface area contributed by atoms with Gasteiger partial charge < -0.3 is 15.7 Å². The summed E-state index contributed by atoms with van der Waals surface area (Å²) in [6.45, 7) is 2.78. The van der Waals surface area contributed by atoms with Crippen molar-refractivity contribution in [3.05, 3.63) is 0 Å². The highest BCUT2D eigenvalue weighted by molar-refractivity contribution is 5.86. The van der Waals surface area contributed by atoms with Gasteiger partial charge in [0.1, 0.15) is 0 Å². The molecule has 5 nitrogen and oxygen atoms in total. The van der Waals surface area contributed by atoms with Gasteiger partial charge >= 0.3 is 5.97 Å². The molecule has 3 N–H and O–H groups in total. The average Bonchev–Trinajstić information content (AvgIpc) is 2.65. The second-order valence-corrected chi connectivity index (χ2v) is 6.38. The molecule has 0 aromatic rings. The second kappa shape index (κ2) is 6.57. The summed E-state index contributed by atoms with van der Waals surface area (Å²) in [7, 11) is 0. The number of carboxylic acids is 1. The highest BCUT2D eigenvalue weighted by atomic mass is 16.4. The largest absolute Gasteiger partial charge is 0.481 e. The second-order valence-electron chi connectivity index (χ2n) is 6.38. The highest BCUT2D eigenvalue weighted by Crippen LogP contribution is 2.25. The van der Waals surface area contributed by atoms with Crippen molar-refractivity contribution < 1.29 is 14.7 Å². The van der Waals surface area contributed by atoms with Crippen LogP contribution in [0.3, 0.4) is 0 Å². The van der Waals surface area contributed by atoms with Gasteiger partial charge in [-0.05, 0) is 45.6 Å². The van der Waals surface area contributed by atoms with Crippen LogP contribution < -0.4 is 10.6 Å². The molecule has 1 saturated carbocycles. The fourth-order valence-electron chi connectivity index (χ4n) is 3.35. The first-order valence-corrected chi connectivity index (χ1v) is 7.82. The number of hydrogen-bond acceptors (Lipinski definition) is 3. The van der Waals surface area contributed by atoms with E-state index < -0.39 is 17.4 Å². The number of carboxylic acid groups (broad SMARTS) is 1. The van der Waals surface area contributed by atoms with E-state index in [4.69, 9.17) is 0 Å². The summed E-state index contributed by atoms with van der Waals surface area (Å²) >= 11 is 0. The fraction of sp³-hybridized carbons (Fsp3) is 0.867. The molecular weight excluding hydrogens is 256 g/mol. The van der Waals surface area contributed by atoms with Crippen molar-refractivity contribution >= 4 is 11.9 Å². The molecule has 0 aromatic heterocycles. The molecule has 1 amide bonds. The third-order valence-corrected chi connectivity index (χ3v) is 4.77. The van der Waals surface area contributed by atoms with E-state index in [0.717, 1.165) is 51.5 Å². The Morgan fingerprint density at radius 3 is 2.55 bits per heavy atom. The van der Waals surface area contributed by atoms with Crippen LogP contribution >= 0.6 is 0 Å². The van der Waals surface area contributed by atoms with Gasteiger partial charge in [0, 0.05) is 6.04 Å². The first-order valence-electron chi connectivity index (χ1n) is 7.82. The molecule has 20 heavy (non-hydrogen) atoms. The Bertz CT molecular complexity index is 364. The Morgan fingerprint density at radius 2 is 1.90 bits per heavy atom. The van der Waals surface area contributed by atoms with Crippen LogP contribution in [0.4, 0.5) is 0 Å². The van der Waals surface area contributed by atoms with Crippen LogP contribution in [0, 0.1) is 5.92 Å². The van der Waals surface area contributed by atoms with E-state index in [1.54, 1.807) is 0 Å². The summed E-state index contributed by atoms with van der Waals surface area (Å²) in [5.74, 6) is -1.25. The van der Waals surface area contributed by atoms with Crippen molar-refractivity contribution in [2.75, 3.05) is 6.54 Å². The van der Waals surface area contributed by atoms with Gasteiger partial charge in [-0.15, -0.1) is 0 Å². The van der Waals surface area contributed by atoms with E-state index in [2.05, 4.69) is 10.6 Å². The molecule has 1 saturated heterocycles. The van der Waals surface area contributed by atoms with Crippen LogP contribution in [0.5, 0.6) is 0 Å². The van der Waals surface area contributed by atoms with Gasteiger partial charge in [-0.25, -0.2) is 0 Å². The maximum absolute atomic E-state index is 12.5. The first kappa shape index (κ1) is 15.3. The van der Waals surface area contributed by atoms with Gasteiger partial charge in [0.15, 0.2) is 0 Å². The minimum absolute atomic E-state index is 0.0321. The van der Waals surface area contributed by atoms with Crippen LogP contribution in [0.25, 0.3) is 0 Å². The molecule has 2 fully saturated rings. The van der Waals surface area contributed by atoms with Crippen LogP contribution in [-0.2, 0) is 9.59 Å². The van der Waals surface area contributed by atoms with Gasteiger partial charge in [0.2, 0.25) is 5.91 Å². The lowest BCUT2D eigenvalue weighted by molar-refractivity contribution is -0.143. The Kier molecular flexibility index (Phi) is 5.02. The summed E-state index contributed by atoms with van der Waals surface area (Å²) < 4.78 is 0. The number of piperidine rings is 1. The first-order chi connectivity index (χ1) is 9.53. The summed E-state index contributed by atoms with van der Waals surface area (Å²) in [4.78, 5) is 23.9. The third-order valence-electron chi connectivity index (χ3n) is 4.77. The van der Waals surface area contributed by atoms with Crippen molar-refractivity contribution in [3.63, 3.8) is 0 Å². The highest BCUT2D eigenvalue weighted by Gasteiger charge is 2.38. The summed E-state index contributed by atoms with van der Waals surface area (Å²) in [5, 5.41) is 15.7. The standard InChI is InChI=1S/C15H26N2O3/c1-15(9-5-6-10-16-15)14(20)17-12-8-4-2-3-7-11(12)13(18)19/h11-12,16H,2-10H2,1H3,(H,17,20)(H,18,19). The quantitative estimate of drug-likeness (QED) is 0.688. The Labute approximate surface area is 120 Å². The van der Waals surface area contributed by atoms with Gasteiger partial charge in [0.05, 0.1) is 11.5 Å². The fourth-order valence-corrected chi connectivity index (χ4v) is 3.35. The van der Waals surface area contributed by atoms with E-state index in [1.165, 1.54) is 0 Å². The Hall–Kier alpha value is -1.10. The van der Waals surface area contributed by atoms with Gasteiger partial charge in [-0.3, -0.25) is 9.59 Å². The van der Waals surface area contributed by atoms with Gasteiger partial charge in [0.25, 0.3) is 0 Å². The Morgan fingerprint density at radius 1 is 1.15 bits per heavy atom. The molecule has 0 aromatic carbocycles. The number of hydrogen-bond donors (Lipinski definition) is 3. The molecule has 1 aliphatic carbocycles. The van der Waals surface area contributed by atoms with Crippen molar-refractivity contribution in [2.24, 2.45) is 5.92 Å². The zero-order valence-electron chi connectivity index (χ0n) is 12.3. The third kappa shape index (κ3) is 3.51. The van der Waals surface area contributed by atoms with E-state index in [0.29, 0.717) is 6.42 Å². The number of carbonyl (C=O) groups excluding carboxylic acids is 1. The smallest absolute Gasteiger partial charge is 0.308 e. The molecule has 2 aliphatic rings. The SMILES string of the molecule is CC1(C(=O)NC2CCCCCC2C(=O)O)CCCCN1. The lowest BCUT2D eigenvalue weighted by Crippen LogP contribution is -2.59. The summed E-state index contributed by atoms with van der Waals surface area (Å²) in [6.07, 6.45) is 7.42. The maximum Gasteiger partial charge on any atom is 0.308 e. The Balaban J connectivity index is 2.01.